The lowest BCUT2D eigenvalue weighted by Gasteiger charge is -2.11. The smallest absolute Gasteiger partial charge is 0.263 e. The molecule has 1 amide bonds. The number of para-hydroxylation sites is 1. The molecule has 0 saturated heterocycles. The van der Waals surface area contributed by atoms with Crippen molar-refractivity contribution in [3.05, 3.63) is 50.0 Å². The number of fused-ring (bicyclic) bond motifs is 1. The molecule has 130 valence electrons. The predicted molar refractivity (Wildman–Crippen MR) is 108 cm³/mol. The summed E-state index contributed by atoms with van der Waals surface area (Å²) in [7, 11) is 0. The molecule has 0 bridgehead atoms. The molecule has 0 saturated carbocycles. The highest BCUT2D eigenvalue weighted by molar-refractivity contribution is 9.10. The lowest BCUT2D eigenvalue weighted by Crippen LogP contribution is -2.29. The van der Waals surface area contributed by atoms with Crippen LogP contribution < -0.4 is 10.9 Å². The van der Waals surface area contributed by atoms with Gasteiger partial charge in [0.25, 0.3) is 5.56 Å². The van der Waals surface area contributed by atoms with E-state index < -0.39 is 0 Å². The van der Waals surface area contributed by atoms with Gasteiger partial charge in [-0.25, -0.2) is 4.98 Å². The standard InChI is InChI=1S/C17H16BrN3O2S2/c1-3-10-8-11-15(25-10)20-17(24-2)21(16(11)23)9-14(22)19-13-7-5-4-6-12(13)18/h4-8H,3,9H2,1-2H3,(H,19,22). The van der Waals surface area contributed by atoms with Gasteiger partial charge in [0.2, 0.25) is 5.91 Å². The topological polar surface area (TPSA) is 64.0 Å². The van der Waals surface area contributed by atoms with Crippen LogP contribution in [0.15, 0.2) is 44.8 Å². The molecular weight excluding hydrogens is 422 g/mol. The van der Waals surface area contributed by atoms with Crippen LogP contribution in [0.3, 0.4) is 0 Å². The Labute approximate surface area is 161 Å². The summed E-state index contributed by atoms with van der Waals surface area (Å²) in [5, 5.41) is 3.94. The van der Waals surface area contributed by atoms with E-state index in [1.165, 1.54) is 27.7 Å². The van der Waals surface area contributed by atoms with Crippen molar-refractivity contribution < 1.29 is 4.79 Å². The first-order valence-electron chi connectivity index (χ1n) is 7.65. The molecule has 2 heterocycles. The highest BCUT2D eigenvalue weighted by Crippen LogP contribution is 2.25. The number of aryl methyl sites for hydroxylation is 1. The van der Waals surface area contributed by atoms with Gasteiger partial charge < -0.3 is 5.32 Å². The monoisotopic (exact) mass is 437 g/mol. The zero-order chi connectivity index (χ0) is 18.0. The van der Waals surface area contributed by atoms with E-state index >= 15 is 0 Å². The van der Waals surface area contributed by atoms with Crippen LogP contribution in [0.4, 0.5) is 5.69 Å². The van der Waals surface area contributed by atoms with Gasteiger partial charge in [-0.1, -0.05) is 30.8 Å². The van der Waals surface area contributed by atoms with E-state index in [1.54, 1.807) is 6.07 Å². The second-order valence-corrected chi connectivity index (χ2v) is 8.05. The lowest BCUT2D eigenvalue weighted by molar-refractivity contribution is -0.116. The number of carbonyl (C=O) groups excluding carboxylic acids is 1. The van der Waals surface area contributed by atoms with Crippen LogP contribution in [0.1, 0.15) is 11.8 Å². The molecule has 1 N–H and O–H groups in total. The summed E-state index contributed by atoms with van der Waals surface area (Å²) >= 11 is 6.29. The van der Waals surface area contributed by atoms with E-state index in [1.807, 2.05) is 37.4 Å². The number of amides is 1. The quantitative estimate of drug-likeness (QED) is 0.480. The van der Waals surface area contributed by atoms with Crippen LogP contribution in [-0.2, 0) is 17.8 Å². The molecule has 0 atom stereocenters. The fourth-order valence-electron chi connectivity index (χ4n) is 2.41. The van der Waals surface area contributed by atoms with Gasteiger partial charge in [-0.15, -0.1) is 11.3 Å². The number of aromatic nitrogens is 2. The third-order valence-electron chi connectivity index (χ3n) is 3.65. The summed E-state index contributed by atoms with van der Waals surface area (Å²) in [6, 6.07) is 9.23. The zero-order valence-electron chi connectivity index (χ0n) is 13.7. The van der Waals surface area contributed by atoms with E-state index in [-0.39, 0.29) is 18.0 Å². The minimum Gasteiger partial charge on any atom is -0.324 e. The third kappa shape index (κ3) is 3.80. The number of hydrogen-bond acceptors (Lipinski definition) is 5. The van der Waals surface area contributed by atoms with Gasteiger partial charge in [0.15, 0.2) is 5.16 Å². The van der Waals surface area contributed by atoms with Crippen molar-refractivity contribution in [2.45, 2.75) is 25.0 Å². The van der Waals surface area contributed by atoms with Gasteiger partial charge in [-0.2, -0.15) is 0 Å². The lowest BCUT2D eigenvalue weighted by atomic mass is 10.3. The SMILES string of the molecule is CCc1cc2c(=O)n(CC(=O)Nc3ccccc3Br)c(SC)nc2s1. The van der Waals surface area contributed by atoms with E-state index in [0.29, 0.717) is 16.2 Å². The number of thioether (sulfide) groups is 1. The molecule has 3 aromatic rings. The first-order valence-corrected chi connectivity index (χ1v) is 10.5. The Bertz CT molecular complexity index is 997. The summed E-state index contributed by atoms with van der Waals surface area (Å²) in [5.41, 5.74) is 0.497. The Balaban J connectivity index is 1.94. The van der Waals surface area contributed by atoms with Crippen LogP contribution in [-0.4, -0.2) is 21.7 Å². The molecule has 8 heteroatoms. The minimum absolute atomic E-state index is 0.0728. The van der Waals surface area contributed by atoms with Crippen molar-refractivity contribution in [2.75, 3.05) is 11.6 Å². The van der Waals surface area contributed by atoms with Crippen molar-refractivity contribution in [2.24, 2.45) is 0 Å². The molecule has 0 unspecified atom stereocenters. The maximum absolute atomic E-state index is 12.8. The van der Waals surface area contributed by atoms with Crippen molar-refractivity contribution in [1.82, 2.24) is 9.55 Å². The number of anilines is 1. The Morgan fingerprint density at radius 3 is 2.84 bits per heavy atom. The predicted octanol–water partition coefficient (Wildman–Crippen LogP) is 4.14. The van der Waals surface area contributed by atoms with E-state index in [2.05, 4.69) is 26.2 Å². The van der Waals surface area contributed by atoms with Crippen LogP contribution >= 0.6 is 39.0 Å². The number of halogens is 1. The molecule has 3 rings (SSSR count). The molecular formula is C17H16BrN3O2S2. The van der Waals surface area contributed by atoms with E-state index in [4.69, 9.17) is 0 Å². The number of benzene rings is 1. The van der Waals surface area contributed by atoms with Crippen LogP contribution in [0.2, 0.25) is 0 Å². The van der Waals surface area contributed by atoms with Gasteiger partial charge in [0, 0.05) is 9.35 Å². The van der Waals surface area contributed by atoms with Crippen LogP contribution in [0.5, 0.6) is 0 Å². The molecule has 0 aliphatic rings. The second-order valence-electron chi connectivity index (χ2n) is 5.30. The fourth-order valence-corrected chi connectivity index (χ4v) is 4.36. The largest absolute Gasteiger partial charge is 0.324 e. The van der Waals surface area contributed by atoms with Crippen molar-refractivity contribution in [3.8, 4) is 0 Å². The van der Waals surface area contributed by atoms with Gasteiger partial charge >= 0.3 is 0 Å². The Morgan fingerprint density at radius 2 is 2.16 bits per heavy atom. The maximum atomic E-state index is 12.8. The normalized spacial score (nSPS) is 11.0. The van der Waals surface area contributed by atoms with Gasteiger partial charge in [-0.05, 0) is 46.8 Å². The summed E-state index contributed by atoms with van der Waals surface area (Å²) in [5.74, 6) is -0.267. The fraction of sp³-hybridized carbons (Fsp3) is 0.235. The molecule has 0 fully saturated rings. The summed E-state index contributed by atoms with van der Waals surface area (Å²) in [4.78, 5) is 31.6. The van der Waals surface area contributed by atoms with Gasteiger partial charge in [-0.3, -0.25) is 14.2 Å². The molecule has 0 radical (unpaired) electrons. The molecule has 1 aromatic carbocycles. The molecule has 0 aliphatic heterocycles. The molecule has 0 aliphatic carbocycles. The Hall–Kier alpha value is -1.64. The van der Waals surface area contributed by atoms with E-state index in [0.717, 1.165) is 20.6 Å². The number of nitrogens with one attached hydrogen (secondary N) is 1. The van der Waals surface area contributed by atoms with Crippen LogP contribution in [0.25, 0.3) is 10.2 Å². The van der Waals surface area contributed by atoms with Crippen LogP contribution in [0, 0.1) is 0 Å². The molecule has 2 aromatic heterocycles. The van der Waals surface area contributed by atoms with Crippen molar-refractivity contribution in [1.29, 1.82) is 0 Å². The van der Waals surface area contributed by atoms with Crippen molar-refractivity contribution >= 4 is 60.8 Å². The van der Waals surface area contributed by atoms with E-state index in [9.17, 15) is 9.59 Å². The molecule has 0 spiro atoms. The summed E-state index contributed by atoms with van der Waals surface area (Å²) in [6.45, 7) is 1.97. The number of nitrogens with zero attached hydrogens (tertiary/aromatic N) is 2. The Morgan fingerprint density at radius 1 is 1.40 bits per heavy atom. The number of thiophene rings is 1. The summed E-state index contributed by atoms with van der Waals surface area (Å²) in [6.07, 6.45) is 2.71. The summed E-state index contributed by atoms with van der Waals surface area (Å²) < 4.78 is 2.23. The average Bonchev–Trinajstić information content (AvgIpc) is 3.03. The number of hydrogen-bond donors (Lipinski definition) is 1. The van der Waals surface area contributed by atoms with Gasteiger partial charge in [0.1, 0.15) is 11.4 Å². The zero-order valence-corrected chi connectivity index (χ0v) is 16.9. The highest BCUT2D eigenvalue weighted by atomic mass is 79.9. The third-order valence-corrected chi connectivity index (χ3v) is 6.19. The van der Waals surface area contributed by atoms with Gasteiger partial charge in [0.05, 0.1) is 11.1 Å². The first kappa shape index (κ1) is 18.2. The first-order chi connectivity index (χ1) is 12.0. The second kappa shape index (κ2) is 7.72. The molecule has 5 nitrogen and oxygen atoms in total. The molecule has 25 heavy (non-hydrogen) atoms. The highest BCUT2D eigenvalue weighted by Gasteiger charge is 2.16. The average molecular weight is 438 g/mol. The number of carbonyl (C=O) groups is 1. The maximum Gasteiger partial charge on any atom is 0.263 e. The van der Waals surface area contributed by atoms with Crippen molar-refractivity contribution in [3.63, 3.8) is 0 Å². The number of rotatable bonds is 5. The Kier molecular flexibility index (Phi) is 5.61. The minimum atomic E-state index is -0.267.